The van der Waals surface area contributed by atoms with E-state index in [-0.39, 0.29) is 11.7 Å². The first-order chi connectivity index (χ1) is 13.2. The highest BCUT2D eigenvalue weighted by atomic mass is 32.1. The second-order valence-corrected chi connectivity index (χ2v) is 7.70. The Morgan fingerprint density at radius 1 is 1.11 bits per heavy atom. The molecule has 1 atom stereocenters. The maximum Gasteiger partial charge on any atom is 0.253 e. The van der Waals surface area contributed by atoms with Gasteiger partial charge in [-0.15, -0.1) is 0 Å². The summed E-state index contributed by atoms with van der Waals surface area (Å²) in [7, 11) is 3.42. The normalized spacial score (nSPS) is 16.9. The van der Waals surface area contributed by atoms with E-state index in [1.807, 2.05) is 37.8 Å². The van der Waals surface area contributed by atoms with Gasteiger partial charge < -0.3 is 10.2 Å². The van der Waals surface area contributed by atoms with Gasteiger partial charge in [0, 0.05) is 25.5 Å². The summed E-state index contributed by atoms with van der Waals surface area (Å²) in [6, 6.07) is 11.9. The van der Waals surface area contributed by atoms with Crippen LogP contribution in [0, 0.1) is 19.7 Å². The first kappa shape index (κ1) is 20.0. The van der Waals surface area contributed by atoms with E-state index in [0.29, 0.717) is 16.2 Å². The number of hydrogen-bond acceptors (Lipinski definition) is 2. The molecule has 0 bridgehead atoms. The lowest BCUT2D eigenvalue weighted by Crippen LogP contribution is -2.49. The van der Waals surface area contributed by atoms with Crippen LogP contribution in [-0.2, 0) is 4.79 Å². The third-order valence-corrected chi connectivity index (χ3v) is 5.07. The van der Waals surface area contributed by atoms with E-state index < -0.39 is 6.04 Å². The van der Waals surface area contributed by atoms with Gasteiger partial charge in [0.1, 0.15) is 5.82 Å². The van der Waals surface area contributed by atoms with Gasteiger partial charge in [-0.1, -0.05) is 18.2 Å². The summed E-state index contributed by atoms with van der Waals surface area (Å²) in [4.78, 5) is 16.5. The monoisotopic (exact) mass is 397 g/mol. The van der Waals surface area contributed by atoms with E-state index in [2.05, 4.69) is 11.4 Å². The first-order valence-electron chi connectivity index (χ1n) is 9.06. The maximum atomic E-state index is 13.9. The van der Waals surface area contributed by atoms with Crippen LogP contribution >= 0.6 is 12.2 Å². The molecule has 146 valence electrons. The Morgan fingerprint density at radius 3 is 2.32 bits per heavy atom. The van der Waals surface area contributed by atoms with Crippen molar-refractivity contribution in [3.63, 3.8) is 0 Å². The topological polar surface area (TPSA) is 35.6 Å². The first-order valence-corrected chi connectivity index (χ1v) is 9.46. The number of allylic oxidation sites excluding steroid dienone is 1. The number of nitrogens with zero attached hydrogens (tertiary/aromatic N) is 2. The third kappa shape index (κ3) is 3.78. The predicted molar refractivity (Wildman–Crippen MR) is 115 cm³/mol. The van der Waals surface area contributed by atoms with Crippen molar-refractivity contribution in [3.05, 3.63) is 76.2 Å². The number of nitrogens with one attached hydrogen (secondary N) is 1. The van der Waals surface area contributed by atoms with Gasteiger partial charge in [0.15, 0.2) is 5.11 Å². The largest absolute Gasteiger partial charge is 0.351 e. The van der Waals surface area contributed by atoms with E-state index in [1.54, 1.807) is 26.2 Å². The van der Waals surface area contributed by atoms with Gasteiger partial charge in [0.05, 0.1) is 11.6 Å². The molecular formula is C22H24FN3OS. The van der Waals surface area contributed by atoms with Crippen LogP contribution in [0.1, 0.15) is 29.7 Å². The van der Waals surface area contributed by atoms with Gasteiger partial charge in [-0.3, -0.25) is 9.69 Å². The lowest BCUT2D eigenvalue weighted by Gasteiger charge is -2.38. The fraction of sp³-hybridized carbons (Fsp3) is 0.273. The summed E-state index contributed by atoms with van der Waals surface area (Å²) < 4.78 is 13.9. The van der Waals surface area contributed by atoms with E-state index >= 15 is 0 Å². The molecule has 0 fully saturated rings. The van der Waals surface area contributed by atoms with Crippen molar-refractivity contribution >= 4 is 28.9 Å². The van der Waals surface area contributed by atoms with Crippen LogP contribution in [0.5, 0.6) is 0 Å². The van der Waals surface area contributed by atoms with Crippen molar-refractivity contribution in [1.29, 1.82) is 0 Å². The number of hydrogen-bond donors (Lipinski definition) is 1. The number of carbonyl (C=O) groups is 1. The van der Waals surface area contributed by atoms with E-state index in [0.717, 1.165) is 22.5 Å². The molecule has 1 N–H and O–H groups in total. The standard InChI is InChI=1S/C22H24FN3OS/c1-13-9-14(2)11-18(10-13)26-15(3)19(21(27)25(4)5)20(24-22(26)28)16-7-6-8-17(23)12-16/h6-12,20H,1-5H3,(H,24,28)/t20-/m0/s1. The molecule has 0 radical (unpaired) electrons. The quantitative estimate of drug-likeness (QED) is 0.786. The molecule has 0 saturated heterocycles. The van der Waals surface area contributed by atoms with Crippen LogP contribution in [0.15, 0.2) is 53.7 Å². The predicted octanol–water partition coefficient (Wildman–Crippen LogP) is 4.24. The summed E-state index contributed by atoms with van der Waals surface area (Å²) in [6.45, 7) is 5.93. The summed E-state index contributed by atoms with van der Waals surface area (Å²) >= 11 is 5.65. The Kier molecular flexibility index (Phi) is 5.52. The summed E-state index contributed by atoms with van der Waals surface area (Å²) in [5, 5.41) is 3.73. The Balaban J connectivity index is 2.19. The molecule has 1 aliphatic rings. The van der Waals surface area contributed by atoms with E-state index in [4.69, 9.17) is 12.2 Å². The molecule has 0 saturated carbocycles. The number of rotatable bonds is 3. The van der Waals surface area contributed by atoms with Crippen LogP contribution in [-0.4, -0.2) is 30.0 Å². The average molecular weight is 398 g/mol. The van der Waals surface area contributed by atoms with E-state index in [9.17, 15) is 9.18 Å². The van der Waals surface area contributed by atoms with Crippen LogP contribution < -0.4 is 10.2 Å². The SMILES string of the molecule is CC1=C(C(=O)N(C)C)[C@H](c2cccc(F)c2)NC(=S)N1c1cc(C)cc(C)c1. The molecule has 2 aromatic rings. The van der Waals surface area contributed by atoms with E-state index in [1.165, 1.54) is 17.0 Å². The molecule has 4 nitrogen and oxygen atoms in total. The zero-order valence-electron chi connectivity index (χ0n) is 16.7. The Hall–Kier alpha value is -2.73. The Labute approximate surface area is 170 Å². The molecule has 0 unspecified atom stereocenters. The molecule has 0 aliphatic carbocycles. The summed E-state index contributed by atoms with van der Waals surface area (Å²) in [5.41, 5.74) is 5.06. The van der Waals surface area contributed by atoms with Crippen molar-refractivity contribution < 1.29 is 9.18 Å². The van der Waals surface area contributed by atoms with Crippen LogP contribution in [0.3, 0.4) is 0 Å². The van der Waals surface area contributed by atoms with Crippen molar-refractivity contribution in [2.45, 2.75) is 26.8 Å². The number of carbonyl (C=O) groups excluding carboxylic acids is 1. The summed E-state index contributed by atoms with van der Waals surface area (Å²) in [5.74, 6) is -0.493. The van der Waals surface area contributed by atoms with Gasteiger partial charge in [-0.2, -0.15) is 0 Å². The number of anilines is 1. The number of benzene rings is 2. The number of amides is 1. The summed E-state index contributed by atoms with van der Waals surface area (Å²) in [6.07, 6.45) is 0. The highest BCUT2D eigenvalue weighted by Crippen LogP contribution is 2.35. The molecule has 0 spiro atoms. The number of likely N-dealkylation sites (N-methyl/N-ethyl adjacent to an activating group) is 1. The molecule has 1 amide bonds. The minimum absolute atomic E-state index is 0.142. The van der Waals surface area contributed by atoms with Gasteiger partial charge in [-0.25, -0.2) is 4.39 Å². The lowest BCUT2D eigenvalue weighted by molar-refractivity contribution is -0.125. The highest BCUT2D eigenvalue weighted by molar-refractivity contribution is 7.80. The molecule has 1 aliphatic heterocycles. The minimum atomic E-state index is -0.514. The van der Waals surface area contributed by atoms with Crippen molar-refractivity contribution in [3.8, 4) is 0 Å². The fourth-order valence-corrected chi connectivity index (χ4v) is 3.95. The number of aryl methyl sites for hydroxylation is 2. The molecule has 28 heavy (non-hydrogen) atoms. The molecular weight excluding hydrogens is 373 g/mol. The zero-order valence-corrected chi connectivity index (χ0v) is 17.5. The van der Waals surface area contributed by atoms with Crippen LogP contribution in [0.4, 0.5) is 10.1 Å². The minimum Gasteiger partial charge on any atom is -0.351 e. The number of thiocarbonyl (C=S) groups is 1. The molecule has 1 heterocycles. The zero-order chi connectivity index (χ0) is 20.6. The average Bonchev–Trinajstić information content (AvgIpc) is 2.60. The van der Waals surface area contributed by atoms with Crippen molar-refractivity contribution in [2.24, 2.45) is 0 Å². The maximum absolute atomic E-state index is 13.9. The van der Waals surface area contributed by atoms with Crippen molar-refractivity contribution in [2.75, 3.05) is 19.0 Å². The van der Waals surface area contributed by atoms with Crippen LogP contribution in [0.2, 0.25) is 0 Å². The Morgan fingerprint density at radius 2 is 1.75 bits per heavy atom. The third-order valence-electron chi connectivity index (χ3n) is 4.77. The fourth-order valence-electron chi connectivity index (χ4n) is 3.59. The second-order valence-electron chi connectivity index (χ2n) is 7.32. The lowest BCUT2D eigenvalue weighted by atomic mass is 9.93. The highest BCUT2D eigenvalue weighted by Gasteiger charge is 2.35. The molecule has 2 aromatic carbocycles. The Bertz CT molecular complexity index is 963. The van der Waals surface area contributed by atoms with Crippen LogP contribution in [0.25, 0.3) is 0 Å². The van der Waals surface area contributed by atoms with Gasteiger partial charge in [-0.05, 0) is 73.9 Å². The van der Waals surface area contributed by atoms with Gasteiger partial charge >= 0.3 is 0 Å². The molecule has 3 rings (SSSR count). The number of halogens is 1. The molecule has 6 heteroatoms. The molecule has 0 aromatic heterocycles. The van der Waals surface area contributed by atoms with Gasteiger partial charge in [0.25, 0.3) is 5.91 Å². The van der Waals surface area contributed by atoms with Gasteiger partial charge in [0.2, 0.25) is 0 Å². The van der Waals surface area contributed by atoms with Crippen molar-refractivity contribution in [1.82, 2.24) is 10.2 Å². The second kappa shape index (κ2) is 7.72. The smallest absolute Gasteiger partial charge is 0.253 e.